The summed E-state index contributed by atoms with van der Waals surface area (Å²) in [5, 5.41) is 0.969. The van der Waals surface area contributed by atoms with Crippen molar-refractivity contribution >= 4 is 39.1 Å². The molecule has 0 atom stereocenters. The second-order valence-electron chi connectivity index (χ2n) is 6.45. The number of amides is 1. The zero-order valence-corrected chi connectivity index (χ0v) is 15.4. The molecular weight excluding hydrogens is 364 g/mol. The van der Waals surface area contributed by atoms with E-state index in [4.69, 9.17) is 4.74 Å². The fourth-order valence-electron chi connectivity index (χ4n) is 3.14. The summed E-state index contributed by atoms with van der Waals surface area (Å²) < 4.78 is 6.15. The van der Waals surface area contributed by atoms with Crippen LogP contribution in [0.25, 0.3) is 10.1 Å². The van der Waals surface area contributed by atoms with Gasteiger partial charge in [0.1, 0.15) is 10.6 Å². The number of carbonyl (C=O) groups is 3. The highest BCUT2D eigenvalue weighted by atomic mass is 32.1. The lowest BCUT2D eigenvalue weighted by atomic mass is 10.2. The largest absolute Gasteiger partial charge is 0.453 e. The molecule has 0 aliphatic carbocycles. The molecule has 0 spiro atoms. The maximum Gasteiger partial charge on any atom is 0.348 e. The van der Waals surface area contributed by atoms with E-state index in [2.05, 4.69) is 4.98 Å². The summed E-state index contributed by atoms with van der Waals surface area (Å²) >= 11 is 1.33. The van der Waals surface area contributed by atoms with E-state index in [1.165, 1.54) is 23.6 Å². The molecule has 1 aliphatic heterocycles. The molecule has 7 heteroatoms. The minimum atomic E-state index is -0.520. The van der Waals surface area contributed by atoms with Crippen molar-refractivity contribution in [3.05, 3.63) is 58.7 Å². The molecule has 3 heterocycles. The van der Waals surface area contributed by atoms with E-state index >= 15 is 0 Å². The number of rotatable bonds is 5. The van der Waals surface area contributed by atoms with Gasteiger partial charge in [-0.05, 0) is 36.4 Å². The van der Waals surface area contributed by atoms with Crippen LogP contribution in [-0.2, 0) is 4.74 Å². The summed E-state index contributed by atoms with van der Waals surface area (Å²) in [5.74, 6) is -0.969. The molecular formula is C20H18N2O4S. The zero-order valence-electron chi connectivity index (χ0n) is 14.6. The van der Waals surface area contributed by atoms with E-state index in [1.54, 1.807) is 11.0 Å². The number of Topliss-reactive ketones (excluding diaryl/α,β-unsaturated/α-hetero) is 1. The molecule has 6 nitrogen and oxygen atoms in total. The molecule has 1 saturated heterocycles. The number of H-pyrrole nitrogens is 1. The Balaban J connectivity index is 1.37. The highest BCUT2D eigenvalue weighted by Crippen LogP contribution is 2.25. The van der Waals surface area contributed by atoms with Gasteiger partial charge < -0.3 is 14.6 Å². The van der Waals surface area contributed by atoms with Crippen molar-refractivity contribution in [3.63, 3.8) is 0 Å². The number of fused-ring (bicyclic) bond motifs is 1. The number of benzene rings is 1. The van der Waals surface area contributed by atoms with Gasteiger partial charge in [-0.3, -0.25) is 9.59 Å². The molecule has 4 rings (SSSR count). The number of thiophene rings is 1. The van der Waals surface area contributed by atoms with Gasteiger partial charge in [0.25, 0.3) is 5.91 Å². The van der Waals surface area contributed by atoms with E-state index < -0.39 is 5.97 Å². The SMILES string of the molecule is O=C(COC(=O)c1cc2ccccc2s1)c1c[nH]c(C(=O)N2CCCC2)c1. The Kier molecular flexibility index (Phi) is 4.77. The van der Waals surface area contributed by atoms with Crippen molar-refractivity contribution in [1.82, 2.24) is 9.88 Å². The van der Waals surface area contributed by atoms with Crippen LogP contribution < -0.4 is 0 Å². The lowest BCUT2D eigenvalue weighted by molar-refractivity contribution is 0.0479. The van der Waals surface area contributed by atoms with Crippen LogP contribution in [0.2, 0.25) is 0 Å². The van der Waals surface area contributed by atoms with Crippen LogP contribution in [0.5, 0.6) is 0 Å². The first-order chi connectivity index (χ1) is 13.1. The summed E-state index contributed by atoms with van der Waals surface area (Å²) in [4.78, 5) is 41.9. The molecule has 1 N–H and O–H groups in total. The maximum absolute atomic E-state index is 12.3. The molecule has 3 aromatic rings. The summed E-state index contributed by atoms with van der Waals surface area (Å²) in [6.07, 6.45) is 3.50. The second-order valence-corrected chi connectivity index (χ2v) is 7.53. The van der Waals surface area contributed by atoms with Crippen LogP contribution in [-0.4, -0.2) is 47.2 Å². The van der Waals surface area contributed by atoms with E-state index in [9.17, 15) is 14.4 Å². The predicted molar refractivity (Wildman–Crippen MR) is 102 cm³/mol. The number of hydrogen-bond donors (Lipinski definition) is 1. The fourth-order valence-corrected chi connectivity index (χ4v) is 4.09. The quantitative estimate of drug-likeness (QED) is 0.541. The molecule has 0 radical (unpaired) electrons. The zero-order chi connectivity index (χ0) is 18.8. The average Bonchev–Trinajstić information content (AvgIpc) is 3.44. The van der Waals surface area contributed by atoms with Gasteiger partial charge in [-0.2, -0.15) is 0 Å². The van der Waals surface area contributed by atoms with Gasteiger partial charge in [-0.25, -0.2) is 4.79 Å². The smallest absolute Gasteiger partial charge is 0.348 e. The van der Waals surface area contributed by atoms with E-state index in [1.807, 2.05) is 24.3 Å². The topological polar surface area (TPSA) is 79.5 Å². The van der Waals surface area contributed by atoms with Gasteiger partial charge >= 0.3 is 5.97 Å². The van der Waals surface area contributed by atoms with Gasteiger partial charge in [0.15, 0.2) is 6.61 Å². The number of likely N-dealkylation sites (tertiary alicyclic amines) is 1. The molecule has 138 valence electrons. The summed E-state index contributed by atoms with van der Waals surface area (Å²) in [5.41, 5.74) is 0.720. The van der Waals surface area contributed by atoms with Gasteiger partial charge in [-0.1, -0.05) is 18.2 Å². The Labute approximate surface area is 159 Å². The number of esters is 1. The Morgan fingerprint density at radius 3 is 2.67 bits per heavy atom. The van der Waals surface area contributed by atoms with Crippen molar-refractivity contribution in [2.24, 2.45) is 0 Å². The summed E-state index contributed by atoms with van der Waals surface area (Å²) in [6, 6.07) is 10.9. The third-order valence-electron chi connectivity index (χ3n) is 4.59. The number of hydrogen-bond acceptors (Lipinski definition) is 5. The molecule has 2 aromatic heterocycles. The van der Waals surface area contributed by atoms with Crippen LogP contribution in [0.4, 0.5) is 0 Å². The van der Waals surface area contributed by atoms with Crippen LogP contribution in [0.1, 0.15) is 43.4 Å². The van der Waals surface area contributed by atoms with Crippen LogP contribution in [0, 0.1) is 0 Å². The van der Waals surface area contributed by atoms with Crippen molar-refractivity contribution in [2.45, 2.75) is 12.8 Å². The normalized spacial score (nSPS) is 13.9. The lowest BCUT2D eigenvalue weighted by Crippen LogP contribution is -2.27. The standard InChI is InChI=1S/C20H18N2O4S/c23-16(14-9-15(21-11-14)19(24)22-7-3-4-8-22)12-26-20(25)18-10-13-5-1-2-6-17(13)27-18/h1-2,5-6,9-11,21H,3-4,7-8,12H2. The van der Waals surface area contributed by atoms with Gasteiger partial charge in [0.2, 0.25) is 5.78 Å². The van der Waals surface area contributed by atoms with Crippen molar-refractivity contribution in [3.8, 4) is 0 Å². The summed E-state index contributed by atoms with van der Waals surface area (Å²) in [6.45, 7) is 1.13. The van der Waals surface area contributed by atoms with Crippen LogP contribution in [0.3, 0.4) is 0 Å². The predicted octanol–water partition coefficient (Wildman–Crippen LogP) is 3.51. The number of nitrogens with one attached hydrogen (secondary N) is 1. The number of aromatic nitrogens is 1. The first-order valence-corrected chi connectivity index (χ1v) is 9.60. The van der Waals surface area contributed by atoms with Crippen LogP contribution >= 0.6 is 11.3 Å². The number of carbonyl (C=O) groups excluding carboxylic acids is 3. The Bertz CT molecular complexity index is 981. The maximum atomic E-state index is 12.3. The molecule has 1 aliphatic rings. The first-order valence-electron chi connectivity index (χ1n) is 8.78. The van der Waals surface area contributed by atoms with Crippen molar-refractivity contribution in [1.29, 1.82) is 0 Å². The van der Waals surface area contributed by atoms with Gasteiger partial charge in [-0.15, -0.1) is 11.3 Å². The third kappa shape index (κ3) is 3.64. The highest BCUT2D eigenvalue weighted by molar-refractivity contribution is 7.20. The fraction of sp³-hybridized carbons (Fsp3) is 0.250. The van der Waals surface area contributed by atoms with E-state index in [0.717, 1.165) is 36.0 Å². The Morgan fingerprint density at radius 2 is 1.89 bits per heavy atom. The van der Waals surface area contributed by atoms with E-state index in [0.29, 0.717) is 16.1 Å². The minimum absolute atomic E-state index is 0.103. The van der Waals surface area contributed by atoms with E-state index in [-0.39, 0.29) is 18.3 Å². The Morgan fingerprint density at radius 1 is 1.11 bits per heavy atom. The first kappa shape index (κ1) is 17.5. The van der Waals surface area contributed by atoms with Crippen LogP contribution in [0.15, 0.2) is 42.6 Å². The highest BCUT2D eigenvalue weighted by Gasteiger charge is 2.22. The molecule has 1 fully saturated rings. The third-order valence-corrected chi connectivity index (χ3v) is 5.69. The van der Waals surface area contributed by atoms with Gasteiger partial charge in [0.05, 0.1) is 0 Å². The number of aromatic amines is 1. The number of nitrogens with zero attached hydrogens (tertiary/aromatic N) is 1. The molecule has 0 saturated carbocycles. The average molecular weight is 382 g/mol. The molecule has 0 unspecified atom stereocenters. The molecule has 1 amide bonds. The second kappa shape index (κ2) is 7.36. The number of ketones is 1. The Hall–Kier alpha value is -2.93. The number of ether oxygens (including phenoxy) is 1. The molecule has 1 aromatic carbocycles. The van der Waals surface area contributed by atoms with Gasteiger partial charge in [0, 0.05) is 29.5 Å². The van der Waals surface area contributed by atoms with Crippen molar-refractivity contribution in [2.75, 3.05) is 19.7 Å². The van der Waals surface area contributed by atoms with Crippen molar-refractivity contribution < 1.29 is 19.1 Å². The monoisotopic (exact) mass is 382 g/mol. The minimum Gasteiger partial charge on any atom is -0.453 e. The molecule has 0 bridgehead atoms. The molecule has 27 heavy (non-hydrogen) atoms. The lowest BCUT2D eigenvalue weighted by Gasteiger charge is -2.13. The summed E-state index contributed by atoms with van der Waals surface area (Å²) in [7, 11) is 0.